The van der Waals surface area contributed by atoms with Gasteiger partial charge in [0.05, 0.1) is 11.6 Å². The molecule has 0 atom stereocenters. The summed E-state index contributed by atoms with van der Waals surface area (Å²) >= 11 is 3.23. The smallest absolute Gasteiger partial charge is 0.163 e. The van der Waals surface area contributed by atoms with Gasteiger partial charge in [-0.2, -0.15) is 0 Å². The van der Waals surface area contributed by atoms with E-state index in [4.69, 9.17) is 4.74 Å². The zero-order chi connectivity index (χ0) is 10.7. The lowest BCUT2D eigenvalue weighted by atomic mass is 10.1. The molecule has 0 heterocycles. The molecule has 0 bridgehead atoms. The molecule has 3 heteroatoms. The van der Waals surface area contributed by atoms with Crippen LogP contribution in [0.15, 0.2) is 34.0 Å². The highest BCUT2D eigenvalue weighted by Crippen LogP contribution is 2.26. The minimum Gasteiger partial charge on any atom is -0.496 e. The van der Waals surface area contributed by atoms with Crippen LogP contribution in [0.4, 0.5) is 0 Å². The number of carbonyl (C=O) groups is 1. The minimum absolute atomic E-state index is 0.186. The number of allylic oxidation sites excluding steroid dienone is 4. The molecule has 1 rings (SSSR count). The fourth-order valence-corrected chi connectivity index (χ4v) is 1.67. The largest absolute Gasteiger partial charge is 0.496 e. The van der Waals surface area contributed by atoms with Crippen LogP contribution in [0.5, 0.6) is 0 Å². The Hall–Kier alpha value is -0.830. The van der Waals surface area contributed by atoms with Crippen LogP contribution in [0.25, 0.3) is 0 Å². The molecule has 0 unspecified atom stereocenters. The number of halogens is 1. The summed E-state index contributed by atoms with van der Waals surface area (Å²) in [5.74, 6) is 0.792. The molecule has 0 aromatic rings. The molecular weight excluding hydrogens is 244 g/mol. The lowest BCUT2D eigenvalue weighted by Gasteiger charge is -2.04. The number of hydrogen-bond acceptors (Lipinski definition) is 2. The first-order valence-electron chi connectivity index (χ1n) is 4.39. The zero-order valence-electron chi connectivity index (χ0n) is 8.39. The third kappa shape index (κ3) is 2.35. The summed E-state index contributed by atoms with van der Waals surface area (Å²) in [5.41, 5.74) is 1.89. The number of hydrogen-bond donors (Lipinski definition) is 0. The standard InChI is InChI=1S/C11H13BrO2/c1-7-4-5-10(13)9(7)6-11(14-3)8(2)12/h6H,2,4-5H2,1,3H3/b11-6+. The predicted molar refractivity (Wildman–Crippen MR) is 60.1 cm³/mol. The van der Waals surface area contributed by atoms with Gasteiger partial charge >= 0.3 is 0 Å². The summed E-state index contributed by atoms with van der Waals surface area (Å²) in [6, 6.07) is 0. The van der Waals surface area contributed by atoms with E-state index in [1.54, 1.807) is 13.2 Å². The molecule has 0 spiro atoms. The predicted octanol–water partition coefficient (Wildman–Crippen LogP) is 3.10. The van der Waals surface area contributed by atoms with Gasteiger partial charge in [0, 0.05) is 12.0 Å². The highest BCUT2D eigenvalue weighted by molar-refractivity contribution is 9.11. The first-order valence-corrected chi connectivity index (χ1v) is 5.19. The van der Waals surface area contributed by atoms with Crippen molar-refractivity contribution in [1.29, 1.82) is 0 Å². The van der Waals surface area contributed by atoms with Crippen molar-refractivity contribution in [2.24, 2.45) is 0 Å². The van der Waals surface area contributed by atoms with Crippen molar-refractivity contribution in [3.8, 4) is 0 Å². The molecular formula is C11H13BrO2. The van der Waals surface area contributed by atoms with E-state index in [-0.39, 0.29) is 5.78 Å². The number of ketones is 1. The monoisotopic (exact) mass is 256 g/mol. The van der Waals surface area contributed by atoms with Gasteiger partial charge in [-0.15, -0.1) is 0 Å². The topological polar surface area (TPSA) is 26.3 Å². The van der Waals surface area contributed by atoms with Crippen LogP contribution in [-0.2, 0) is 9.53 Å². The molecule has 0 aromatic heterocycles. The maximum Gasteiger partial charge on any atom is 0.163 e. The zero-order valence-corrected chi connectivity index (χ0v) is 9.98. The van der Waals surface area contributed by atoms with E-state index in [9.17, 15) is 4.79 Å². The van der Waals surface area contributed by atoms with Crippen molar-refractivity contribution in [2.75, 3.05) is 7.11 Å². The van der Waals surface area contributed by atoms with Crippen LogP contribution >= 0.6 is 15.9 Å². The van der Waals surface area contributed by atoms with E-state index in [1.807, 2.05) is 6.92 Å². The molecule has 0 saturated heterocycles. The molecule has 1 aliphatic carbocycles. The van der Waals surface area contributed by atoms with E-state index in [1.165, 1.54) is 0 Å². The number of Topliss-reactive ketones (excluding diaryl/α,β-unsaturated/α-hetero) is 1. The Balaban J connectivity index is 3.00. The molecule has 0 aromatic carbocycles. The first-order chi connectivity index (χ1) is 6.56. The fraction of sp³-hybridized carbons (Fsp3) is 0.364. The van der Waals surface area contributed by atoms with Crippen molar-refractivity contribution in [2.45, 2.75) is 19.8 Å². The summed E-state index contributed by atoms with van der Waals surface area (Å²) in [5, 5.41) is 0. The van der Waals surface area contributed by atoms with Gasteiger partial charge in [-0.3, -0.25) is 4.79 Å². The highest BCUT2D eigenvalue weighted by Gasteiger charge is 2.19. The Bertz CT molecular complexity index is 337. The van der Waals surface area contributed by atoms with Gasteiger partial charge in [0.2, 0.25) is 0 Å². The third-order valence-electron chi connectivity index (χ3n) is 2.25. The van der Waals surface area contributed by atoms with Crippen LogP contribution < -0.4 is 0 Å². The van der Waals surface area contributed by atoms with E-state index >= 15 is 0 Å². The van der Waals surface area contributed by atoms with Crippen molar-refractivity contribution in [1.82, 2.24) is 0 Å². The van der Waals surface area contributed by atoms with Gasteiger partial charge in [-0.25, -0.2) is 0 Å². The van der Waals surface area contributed by atoms with Crippen LogP contribution in [-0.4, -0.2) is 12.9 Å². The van der Waals surface area contributed by atoms with E-state index in [0.717, 1.165) is 17.6 Å². The quantitative estimate of drug-likeness (QED) is 0.573. The molecule has 14 heavy (non-hydrogen) atoms. The molecule has 0 N–H and O–H groups in total. The maximum absolute atomic E-state index is 11.5. The van der Waals surface area contributed by atoms with Gasteiger partial charge in [-0.05, 0) is 35.4 Å². The second kappa shape index (κ2) is 4.60. The number of ether oxygens (including phenoxy) is 1. The average Bonchev–Trinajstić information content (AvgIpc) is 2.43. The first kappa shape index (κ1) is 11.2. The van der Waals surface area contributed by atoms with Crippen molar-refractivity contribution in [3.63, 3.8) is 0 Å². The molecule has 76 valence electrons. The van der Waals surface area contributed by atoms with E-state index in [0.29, 0.717) is 16.7 Å². The summed E-state index contributed by atoms with van der Waals surface area (Å²) in [6.45, 7) is 5.68. The lowest BCUT2D eigenvalue weighted by molar-refractivity contribution is -0.114. The second-order valence-corrected chi connectivity index (χ2v) is 4.19. The Morgan fingerprint density at radius 3 is 2.57 bits per heavy atom. The van der Waals surface area contributed by atoms with Crippen LogP contribution in [0.3, 0.4) is 0 Å². The number of rotatable bonds is 3. The van der Waals surface area contributed by atoms with Crippen LogP contribution in [0, 0.1) is 0 Å². The molecule has 0 radical (unpaired) electrons. The Morgan fingerprint density at radius 2 is 2.21 bits per heavy atom. The second-order valence-electron chi connectivity index (χ2n) is 3.23. The summed E-state index contributed by atoms with van der Waals surface area (Å²) in [4.78, 5) is 11.5. The lowest BCUT2D eigenvalue weighted by Crippen LogP contribution is -1.96. The molecule has 0 amide bonds. The summed E-state index contributed by atoms with van der Waals surface area (Å²) < 4.78 is 5.75. The van der Waals surface area contributed by atoms with E-state index in [2.05, 4.69) is 22.5 Å². The van der Waals surface area contributed by atoms with Gasteiger partial charge in [0.25, 0.3) is 0 Å². The van der Waals surface area contributed by atoms with Gasteiger partial charge < -0.3 is 4.74 Å². The van der Waals surface area contributed by atoms with Gasteiger partial charge in [-0.1, -0.05) is 12.2 Å². The summed E-state index contributed by atoms with van der Waals surface area (Å²) in [6.07, 6.45) is 3.22. The van der Waals surface area contributed by atoms with Gasteiger partial charge in [0.15, 0.2) is 5.78 Å². The van der Waals surface area contributed by atoms with Gasteiger partial charge in [0.1, 0.15) is 5.76 Å². The third-order valence-corrected chi connectivity index (χ3v) is 2.64. The molecule has 1 aliphatic rings. The van der Waals surface area contributed by atoms with Crippen LogP contribution in [0.1, 0.15) is 19.8 Å². The van der Waals surface area contributed by atoms with Crippen molar-refractivity contribution in [3.05, 3.63) is 34.0 Å². The Kier molecular flexibility index (Phi) is 3.69. The molecule has 0 aliphatic heterocycles. The Labute approximate surface area is 92.5 Å². The highest BCUT2D eigenvalue weighted by atomic mass is 79.9. The van der Waals surface area contributed by atoms with Crippen molar-refractivity contribution < 1.29 is 9.53 Å². The van der Waals surface area contributed by atoms with E-state index < -0.39 is 0 Å². The van der Waals surface area contributed by atoms with Crippen molar-refractivity contribution >= 4 is 21.7 Å². The minimum atomic E-state index is 0.186. The fourth-order valence-electron chi connectivity index (χ4n) is 1.39. The number of methoxy groups -OCH3 is 1. The molecule has 0 fully saturated rings. The normalized spacial score (nSPS) is 17.6. The average molecular weight is 257 g/mol. The molecule has 2 nitrogen and oxygen atoms in total. The van der Waals surface area contributed by atoms with Crippen LogP contribution in [0.2, 0.25) is 0 Å². The Morgan fingerprint density at radius 1 is 1.57 bits per heavy atom. The number of carbonyl (C=O) groups excluding carboxylic acids is 1. The summed E-state index contributed by atoms with van der Waals surface area (Å²) in [7, 11) is 1.56. The molecule has 0 saturated carbocycles. The SMILES string of the molecule is C=C(Br)/C(=C\C1=C(C)CCC1=O)OC. The maximum atomic E-state index is 11.5.